The first kappa shape index (κ1) is 28.2. The number of unbranched alkanes of at least 4 members (excludes halogenated alkanes) is 2. The van der Waals surface area contributed by atoms with E-state index >= 15 is 0 Å². The monoisotopic (exact) mass is 594 g/mol. The number of thiophene rings is 1. The van der Waals surface area contributed by atoms with E-state index < -0.39 is 0 Å². The van der Waals surface area contributed by atoms with Gasteiger partial charge in [-0.15, -0.1) is 11.3 Å². The average molecular weight is 595 g/mol. The van der Waals surface area contributed by atoms with E-state index in [2.05, 4.69) is 46.5 Å². The summed E-state index contributed by atoms with van der Waals surface area (Å²) in [5.74, 6) is 1.09. The van der Waals surface area contributed by atoms with Crippen LogP contribution in [0.1, 0.15) is 72.9 Å². The van der Waals surface area contributed by atoms with Gasteiger partial charge in [-0.1, -0.05) is 19.8 Å². The Balaban J connectivity index is 1.28. The van der Waals surface area contributed by atoms with Crippen molar-refractivity contribution in [2.45, 2.75) is 76.4 Å². The summed E-state index contributed by atoms with van der Waals surface area (Å²) >= 11 is 1.65. The second-order valence-electron chi connectivity index (χ2n) is 12.4. The molecule has 2 fully saturated rings. The zero-order valence-electron chi connectivity index (χ0n) is 24.6. The number of aliphatic hydroxyl groups is 1. The molecule has 0 amide bonds. The molecular formula is C34H38N6O2S. The van der Waals surface area contributed by atoms with Gasteiger partial charge in [-0.05, 0) is 79.3 Å². The first-order valence-electron chi connectivity index (χ1n) is 15.7. The Bertz CT molecular complexity index is 1760. The van der Waals surface area contributed by atoms with Crippen LogP contribution in [0.4, 0.5) is 5.69 Å². The van der Waals surface area contributed by atoms with Crippen molar-refractivity contribution in [2.24, 2.45) is 5.92 Å². The molecule has 1 saturated carbocycles. The minimum absolute atomic E-state index is 0.0764. The van der Waals surface area contributed by atoms with Crippen molar-refractivity contribution in [3.05, 3.63) is 74.6 Å². The molecule has 9 heteroatoms. The topological polar surface area (TPSA) is 107 Å². The van der Waals surface area contributed by atoms with Crippen LogP contribution < -0.4 is 15.8 Å². The largest absolute Gasteiger partial charge is 0.395 e. The Morgan fingerprint density at radius 3 is 2.84 bits per heavy atom. The molecule has 4 atom stereocenters. The predicted octanol–water partition coefficient (Wildman–Crippen LogP) is 5.21. The van der Waals surface area contributed by atoms with E-state index in [-0.39, 0.29) is 18.2 Å². The summed E-state index contributed by atoms with van der Waals surface area (Å²) in [6.07, 6.45) is 11.2. The highest BCUT2D eigenvalue weighted by Crippen LogP contribution is 2.54. The third-order valence-electron chi connectivity index (χ3n) is 9.72. The molecule has 0 spiro atoms. The second kappa shape index (κ2) is 11.8. The van der Waals surface area contributed by atoms with Gasteiger partial charge in [-0.2, -0.15) is 10.4 Å². The highest BCUT2D eigenvalue weighted by Gasteiger charge is 2.44. The molecule has 43 heavy (non-hydrogen) atoms. The van der Waals surface area contributed by atoms with E-state index in [4.69, 9.17) is 4.98 Å². The van der Waals surface area contributed by atoms with E-state index in [1.54, 1.807) is 17.4 Å². The zero-order valence-corrected chi connectivity index (χ0v) is 25.4. The molecule has 1 saturated heterocycles. The molecule has 3 aliphatic rings. The van der Waals surface area contributed by atoms with E-state index in [0.29, 0.717) is 30.0 Å². The molecule has 2 N–H and O–H groups in total. The second-order valence-corrected chi connectivity index (χ2v) is 13.6. The van der Waals surface area contributed by atoms with Gasteiger partial charge >= 0.3 is 0 Å². The lowest BCUT2D eigenvalue weighted by Crippen LogP contribution is -2.48. The fourth-order valence-electron chi connectivity index (χ4n) is 7.31. The van der Waals surface area contributed by atoms with Crippen molar-refractivity contribution in [3.8, 4) is 17.2 Å². The average Bonchev–Trinajstić information content (AvgIpc) is 3.65. The number of aryl methyl sites for hydroxylation is 1. The number of aromatic nitrogens is 3. The number of fused-ring (bicyclic) bond motifs is 4. The molecule has 222 valence electrons. The third-order valence-corrected chi connectivity index (χ3v) is 10.9. The summed E-state index contributed by atoms with van der Waals surface area (Å²) in [5, 5.41) is 27.9. The number of pyridine rings is 1. The van der Waals surface area contributed by atoms with Gasteiger partial charge in [-0.25, -0.2) is 4.68 Å². The number of hydrogen-bond donors (Lipinski definition) is 2. The highest BCUT2D eigenvalue weighted by molar-refractivity contribution is 7.19. The van der Waals surface area contributed by atoms with Crippen LogP contribution in [0.5, 0.6) is 0 Å². The standard InChI is InChI=1S/C34H38N6O2S/c1-2-3-4-5-21-12-32(42)40(38-16-21)19-26-14-31-34(43-26)28(8-9-36-31)30-11-22(15-35)10-29-27-7-6-23(27)18-39(33(29)30)25-13-24(20-41)37-17-25/h8-12,14,16,23-25,27,37,41H,2-7,13,17-20H2,1H3/t23-,24+,25-,27-/m0/s1. The maximum Gasteiger partial charge on any atom is 0.267 e. The smallest absolute Gasteiger partial charge is 0.267 e. The quantitative estimate of drug-likeness (QED) is 0.256. The molecule has 1 aromatic carbocycles. The van der Waals surface area contributed by atoms with Crippen molar-refractivity contribution >= 4 is 27.2 Å². The number of hydrogen-bond acceptors (Lipinski definition) is 8. The summed E-state index contributed by atoms with van der Waals surface area (Å²) in [7, 11) is 0. The number of anilines is 1. The summed E-state index contributed by atoms with van der Waals surface area (Å²) in [6.45, 7) is 4.57. The Hall–Kier alpha value is -3.58. The molecule has 0 unspecified atom stereocenters. The van der Waals surface area contributed by atoms with Crippen LogP contribution in [0.15, 0.2) is 47.5 Å². The Morgan fingerprint density at radius 1 is 1.19 bits per heavy atom. The van der Waals surface area contributed by atoms with Crippen LogP contribution in [0.2, 0.25) is 0 Å². The van der Waals surface area contributed by atoms with Crippen molar-refractivity contribution in [3.63, 3.8) is 0 Å². The maximum atomic E-state index is 12.9. The minimum atomic E-state index is -0.0764. The number of aliphatic hydroxyl groups excluding tert-OH is 1. The molecule has 3 aromatic heterocycles. The molecule has 2 aliphatic heterocycles. The SMILES string of the molecule is CCCCCc1cnn(Cc2cc3nccc(-c4cc(C#N)cc5c4N([C@@H]4CN[C@@H](CO)C4)C[C@@H]4CC[C@H]54)c3s2)c(=O)c1. The predicted molar refractivity (Wildman–Crippen MR) is 171 cm³/mol. The first-order chi connectivity index (χ1) is 21.1. The lowest BCUT2D eigenvalue weighted by atomic mass is 9.66. The van der Waals surface area contributed by atoms with Gasteiger partial charge in [0.2, 0.25) is 0 Å². The molecule has 8 nitrogen and oxygen atoms in total. The number of nitrogens with one attached hydrogen (secondary N) is 1. The van der Waals surface area contributed by atoms with Gasteiger partial charge in [0.05, 0.1) is 41.2 Å². The van der Waals surface area contributed by atoms with E-state index in [1.807, 2.05) is 18.5 Å². The van der Waals surface area contributed by atoms with E-state index in [0.717, 1.165) is 83.4 Å². The summed E-state index contributed by atoms with van der Waals surface area (Å²) in [4.78, 5) is 21.2. The molecule has 4 aromatic rings. The number of rotatable bonds is 9. The van der Waals surface area contributed by atoms with Gasteiger partial charge in [0.25, 0.3) is 5.56 Å². The van der Waals surface area contributed by atoms with Gasteiger partial charge in [-0.3, -0.25) is 9.78 Å². The number of benzene rings is 1. The molecule has 1 aliphatic carbocycles. The Morgan fingerprint density at radius 2 is 2.09 bits per heavy atom. The molecule has 5 heterocycles. The Kier molecular flexibility index (Phi) is 7.76. The van der Waals surface area contributed by atoms with Gasteiger partial charge in [0, 0.05) is 59.1 Å². The molecule has 7 rings (SSSR count). The fourth-order valence-corrected chi connectivity index (χ4v) is 8.43. The van der Waals surface area contributed by atoms with Gasteiger partial charge in [0.15, 0.2) is 0 Å². The van der Waals surface area contributed by atoms with E-state index in [9.17, 15) is 15.2 Å². The van der Waals surface area contributed by atoms with E-state index in [1.165, 1.54) is 22.4 Å². The fraction of sp³-hybridized carbons (Fsp3) is 0.471. The number of nitrogens with zero attached hydrogens (tertiary/aromatic N) is 5. The summed E-state index contributed by atoms with van der Waals surface area (Å²) in [5.41, 5.74) is 7.20. The van der Waals surface area contributed by atoms with Crippen molar-refractivity contribution in [1.82, 2.24) is 20.1 Å². The molecule has 0 radical (unpaired) electrons. The highest BCUT2D eigenvalue weighted by atomic mass is 32.1. The first-order valence-corrected chi connectivity index (χ1v) is 16.5. The van der Waals surface area contributed by atoms with Crippen molar-refractivity contribution in [1.29, 1.82) is 5.26 Å². The van der Waals surface area contributed by atoms with Crippen LogP contribution in [-0.2, 0) is 13.0 Å². The Labute approximate surface area is 256 Å². The van der Waals surface area contributed by atoms with Crippen LogP contribution in [0.25, 0.3) is 21.3 Å². The normalized spacial score (nSPS) is 22.7. The zero-order chi connectivity index (χ0) is 29.5. The van der Waals surface area contributed by atoms with Crippen LogP contribution in [0, 0.1) is 17.2 Å². The summed E-state index contributed by atoms with van der Waals surface area (Å²) < 4.78 is 2.60. The van der Waals surface area contributed by atoms with Gasteiger partial charge in [0.1, 0.15) is 0 Å². The van der Waals surface area contributed by atoms with Crippen LogP contribution in [-0.4, -0.2) is 51.7 Å². The summed E-state index contributed by atoms with van der Waals surface area (Å²) in [6, 6.07) is 12.9. The third kappa shape index (κ3) is 5.26. The minimum Gasteiger partial charge on any atom is -0.395 e. The van der Waals surface area contributed by atoms with Crippen LogP contribution in [0.3, 0.4) is 0 Å². The molecule has 0 bridgehead atoms. The van der Waals surface area contributed by atoms with Gasteiger partial charge < -0.3 is 15.3 Å². The molecular weight excluding hydrogens is 556 g/mol. The number of nitriles is 1. The lowest BCUT2D eigenvalue weighted by molar-refractivity contribution is 0.237. The van der Waals surface area contributed by atoms with Crippen LogP contribution >= 0.6 is 11.3 Å². The lowest BCUT2D eigenvalue weighted by Gasteiger charge is -2.50. The van der Waals surface area contributed by atoms with Crippen molar-refractivity contribution in [2.75, 3.05) is 24.6 Å². The maximum absolute atomic E-state index is 12.9. The van der Waals surface area contributed by atoms with Crippen molar-refractivity contribution < 1.29 is 5.11 Å².